The summed E-state index contributed by atoms with van der Waals surface area (Å²) in [6.07, 6.45) is 3.88. The van der Waals surface area contributed by atoms with Crippen molar-refractivity contribution in [1.29, 1.82) is 0 Å². The van der Waals surface area contributed by atoms with Gasteiger partial charge in [0, 0.05) is 25.0 Å². The normalized spacial score (nSPS) is 29.6. The van der Waals surface area contributed by atoms with Crippen molar-refractivity contribution in [3.8, 4) is 0 Å². The van der Waals surface area contributed by atoms with Crippen LogP contribution in [0, 0.1) is 11.3 Å². The van der Waals surface area contributed by atoms with E-state index in [0.717, 1.165) is 39.0 Å². The molecule has 0 unspecified atom stereocenters. The first kappa shape index (κ1) is 12.6. The van der Waals surface area contributed by atoms with Crippen molar-refractivity contribution in [2.24, 2.45) is 11.3 Å². The number of carboxylic acids is 1. The third kappa shape index (κ3) is 2.38. The van der Waals surface area contributed by atoms with Crippen molar-refractivity contribution in [2.45, 2.75) is 12.8 Å². The highest BCUT2D eigenvalue weighted by atomic mass is 16.4. The highest BCUT2D eigenvalue weighted by Gasteiger charge is 2.50. The summed E-state index contributed by atoms with van der Waals surface area (Å²) in [7, 11) is 2.11. The van der Waals surface area contributed by atoms with Gasteiger partial charge in [-0.3, -0.25) is 9.69 Å². The predicted octanol–water partition coefficient (Wildman–Crippen LogP) is 0.901. The first-order valence-electron chi connectivity index (χ1n) is 6.32. The quantitative estimate of drug-likeness (QED) is 0.742. The summed E-state index contributed by atoms with van der Waals surface area (Å²) in [6, 6.07) is 0. The van der Waals surface area contributed by atoms with E-state index < -0.39 is 5.97 Å². The van der Waals surface area contributed by atoms with E-state index in [0.29, 0.717) is 6.54 Å². The van der Waals surface area contributed by atoms with Crippen LogP contribution in [-0.2, 0) is 4.79 Å². The summed E-state index contributed by atoms with van der Waals surface area (Å²) < 4.78 is 0. The number of rotatable bonds is 3. The van der Waals surface area contributed by atoms with Gasteiger partial charge in [-0.25, -0.2) is 0 Å². The molecule has 1 N–H and O–H groups in total. The largest absolute Gasteiger partial charge is 0.481 e. The van der Waals surface area contributed by atoms with Crippen LogP contribution in [0.5, 0.6) is 0 Å². The fourth-order valence-electron chi connectivity index (χ4n) is 3.30. The molecule has 17 heavy (non-hydrogen) atoms. The van der Waals surface area contributed by atoms with Gasteiger partial charge < -0.3 is 10.0 Å². The minimum atomic E-state index is -0.624. The van der Waals surface area contributed by atoms with Crippen LogP contribution < -0.4 is 0 Å². The number of piperidine rings is 1. The molecule has 2 aliphatic heterocycles. The van der Waals surface area contributed by atoms with Crippen LogP contribution in [0.3, 0.4) is 0 Å². The summed E-state index contributed by atoms with van der Waals surface area (Å²) in [5, 5.41) is 9.42. The summed E-state index contributed by atoms with van der Waals surface area (Å²) in [5.74, 6) is -0.822. The van der Waals surface area contributed by atoms with E-state index in [9.17, 15) is 9.90 Å². The number of carboxylic acid groups (broad SMARTS) is 1. The molecule has 0 aliphatic carbocycles. The third-order valence-electron chi connectivity index (χ3n) is 4.39. The Morgan fingerprint density at radius 3 is 2.71 bits per heavy atom. The Labute approximate surface area is 103 Å². The van der Waals surface area contributed by atoms with Gasteiger partial charge >= 0.3 is 5.97 Å². The Kier molecular flexibility index (Phi) is 3.54. The number of likely N-dealkylation sites (tertiary alicyclic amines) is 2. The van der Waals surface area contributed by atoms with Crippen LogP contribution in [0.4, 0.5) is 0 Å². The Morgan fingerprint density at radius 1 is 1.53 bits per heavy atom. The van der Waals surface area contributed by atoms with Gasteiger partial charge in [-0.05, 0) is 33.0 Å². The van der Waals surface area contributed by atoms with Crippen LogP contribution in [0.25, 0.3) is 0 Å². The maximum Gasteiger partial charge on any atom is 0.308 e. The molecule has 0 radical (unpaired) electrons. The number of nitrogens with zero attached hydrogens (tertiary/aromatic N) is 2. The second kappa shape index (κ2) is 4.78. The van der Waals surface area contributed by atoms with Crippen molar-refractivity contribution in [1.82, 2.24) is 9.80 Å². The first-order chi connectivity index (χ1) is 8.07. The second-order valence-corrected chi connectivity index (χ2v) is 5.54. The van der Waals surface area contributed by atoms with Crippen molar-refractivity contribution < 1.29 is 9.90 Å². The van der Waals surface area contributed by atoms with E-state index in [1.807, 2.05) is 6.08 Å². The standard InChI is InChI=1S/C13H22N2O2/c1-3-6-15-9-11(12(16)17)13(10-15)4-7-14(2)8-5-13/h3,11H,1,4-10H2,2H3,(H,16,17)/t11-/m1/s1. The van der Waals surface area contributed by atoms with E-state index in [2.05, 4.69) is 23.4 Å². The van der Waals surface area contributed by atoms with E-state index in [-0.39, 0.29) is 11.3 Å². The molecule has 1 atom stereocenters. The number of hydrogen-bond donors (Lipinski definition) is 1. The molecule has 0 aromatic carbocycles. The molecule has 1 spiro atoms. The molecular weight excluding hydrogens is 216 g/mol. The number of aliphatic carboxylic acids is 1. The van der Waals surface area contributed by atoms with Gasteiger partial charge in [-0.1, -0.05) is 6.08 Å². The summed E-state index contributed by atoms with van der Waals surface area (Å²) >= 11 is 0. The highest BCUT2D eigenvalue weighted by molar-refractivity contribution is 5.72. The van der Waals surface area contributed by atoms with Crippen molar-refractivity contribution in [3.05, 3.63) is 12.7 Å². The van der Waals surface area contributed by atoms with Gasteiger partial charge in [0.15, 0.2) is 0 Å². The fourth-order valence-corrected chi connectivity index (χ4v) is 3.30. The molecule has 2 heterocycles. The van der Waals surface area contributed by atoms with Gasteiger partial charge in [0.25, 0.3) is 0 Å². The molecule has 4 heteroatoms. The van der Waals surface area contributed by atoms with Crippen molar-refractivity contribution >= 4 is 5.97 Å². The lowest BCUT2D eigenvalue weighted by atomic mass is 9.71. The minimum Gasteiger partial charge on any atom is -0.481 e. The van der Waals surface area contributed by atoms with Crippen molar-refractivity contribution in [2.75, 3.05) is 39.8 Å². The fraction of sp³-hybridized carbons (Fsp3) is 0.769. The monoisotopic (exact) mass is 238 g/mol. The molecule has 2 fully saturated rings. The molecule has 2 saturated heterocycles. The maximum atomic E-state index is 11.4. The van der Waals surface area contributed by atoms with Crippen LogP contribution in [-0.4, -0.2) is 60.6 Å². The van der Waals surface area contributed by atoms with Crippen LogP contribution in [0.2, 0.25) is 0 Å². The Bertz CT molecular complexity index is 309. The molecule has 2 rings (SSSR count). The van der Waals surface area contributed by atoms with Gasteiger partial charge in [-0.15, -0.1) is 6.58 Å². The van der Waals surface area contributed by atoms with E-state index in [1.54, 1.807) is 0 Å². The molecule has 96 valence electrons. The van der Waals surface area contributed by atoms with E-state index in [1.165, 1.54) is 0 Å². The molecule has 2 aliphatic rings. The third-order valence-corrected chi connectivity index (χ3v) is 4.39. The van der Waals surface area contributed by atoms with Gasteiger partial charge in [0.2, 0.25) is 0 Å². The Morgan fingerprint density at radius 2 is 2.18 bits per heavy atom. The van der Waals surface area contributed by atoms with Crippen LogP contribution in [0.15, 0.2) is 12.7 Å². The van der Waals surface area contributed by atoms with Gasteiger partial charge in [-0.2, -0.15) is 0 Å². The zero-order valence-electron chi connectivity index (χ0n) is 10.6. The van der Waals surface area contributed by atoms with Gasteiger partial charge in [0.05, 0.1) is 5.92 Å². The minimum absolute atomic E-state index is 0.00134. The van der Waals surface area contributed by atoms with Crippen LogP contribution >= 0.6 is 0 Å². The maximum absolute atomic E-state index is 11.4. The summed E-state index contributed by atoms with van der Waals surface area (Å²) in [4.78, 5) is 16.0. The topological polar surface area (TPSA) is 43.8 Å². The molecule has 0 amide bonds. The SMILES string of the molecule is C=CCN1C[C@H](C(=O)O)C2(CCN(C)CC2)C1. The Hall–Kier alpha value is -0.870. The summed E-state index contributed by atoms with van der Waals surface area (Å²) in [5.41, 5.74) is 0.00134. The molecule has 0 aromatic heterocycles. The molecule has 0 saturated carbocycles. The molecule has 4 nitrogen and oxygen atoms in total. The number of hydrogen-bond acceptors (Lipinski definition) is 3. The lowest BCUT2D eigenvalue weighted by Crippen LogP contribution is -2.44. The molecular formula is C13H22N2O2. The Balaban J connectivity index is 2.12. The van der Waals surface area contributed by atoms with Crippen molar-refractivity contribution in [3.63, 3.8) is 0 Å². The van der Waals surface area contributed by atoms with Crippen LogP contribution in [0.1, 0.15) is 12.8 Å². The second-order valence-electron chi connectivity index (χ2n) is 5.54. The zero-order valence-corrected chi connectivity index (χ0v) is 10.6. The first-order valence-corrected chi connectivity index (χ1v) is 6.32. The summed E-state index contributed by atoms with van der Waals surface area (Å²) in [6.45, 7) is 8.19. The van der Waals surface area contributed by atoms with E-state index in [4.69, 9.17) is 0 Å². The number of carbonyl (C=O) groups is 1. The average molecular weight is 238 g/mol. The molecule has 0 aromatic rings. The highest BCUT2D eigenvalue weighted by Crippen LogP contribution is 2.44. The van der Waals surface area contributed by atoms with E-state index >= 15 is 0 Å². The average Bonchev–Trinajstić information content (AvgIpc) is 2.63. The smallest absolute Gasteiger partial charge is 0.308 e. The lowest BCUT2D eigenvalue weighted by molar-refractivity contribution is -0.145. The zero-order chi connectivity index (χ0) is 12.5. The molecule has 0 bridgehead atoms. The predicted molar refractivity (Wildman–Crippen MR) is 66.9 cm³/mol. The van der Waals surface area contributed by atoms with Gasteiger partial charge in [0.1, 0.15) is 0 Å². The lowest BCUT2D eigenvalue weighted by Gasteiger charge is -2.40.